The van der Waals surface area contributed by atoms with Gasteiger partial charge in [-0.3, -0.25) is 4.21 Å². The lowest BCUT2D eigenvalue weighted by atomic mass is 9.89. The summed E-state index contributed by atoms with van der Waals surface area (Å²) in [7, 11) is -0.998. The molecule has 0 fully saturated rings. The molecule has 104 valence electrons. The number of hydrogen-bond donors (Lipinski definition) is 1. The van der Waals surface area contributed by atoms with E-state index in [1.807, 2.05) is 63.3 Å². The second-order valence-electron chi connectivity index (χ2n) is 5.45. The van der Waals surface area contributed by atoms with Crippen LogP contribution in [0.4, 0.5) is 0 Å². The fourth-order valence-corrected chi connectivity index (χ4v) is 2.29. The minimum Gasteiger partial charge on any atom is -0.388 e. The van der Waals surface area contributed by atoms with Crippen LogP contribution >= 0.6 is 0 Å². The first-order valence-electron chi connectivity index (χ1n) is 6.36. The van der Waals surface area contributed by atoms with Crippen molar-refractivity contribution in [3.8, 4) is 0 Å². The third kappa shape index (κ3) is 5.99. The zero-order chi connectivity index (χ0) is 14.3. The van der Waals surface area contributed by atoms with Crippen LogP contribution in [0.25, 0.3) is 0 Å². The van der Waals surface area contributed by atoms with Crippen LogP contribution in [0.5, 0.6) is 0 Å². The number of rotatable bonds is 5. The van der Waals surface area contributed by atoms with Crippen LogP contribution in [0.3, 0.4) is 0 Å². The highest BCUT2D eigenvalue weighted by Gasteiger charge is 2.18. The van der Waals surface area contributed by atoms with E-state index in [4.69, 9.17) is 0 Å². The highest BCUT2D eigenvalue weighted by atomic mass is 32.2. The van der Waals surface area contributed by atoms with E-state index in [2.05, 4.69) is 0 Å². The number of aliphatic hydroxyl groups is 1. The first kappa shape index (κ1) is 15.9. The van der Waals surface area contributed by atoms with Crippen LogP contribution in [-0.2, 0) is 10.8 Å². The lowest BCUT2D eigenvalue weighted by Gasteiger charge is -2.22. The van der Waals surface area contributed by atoms with Crippen molar-refractivity contribution in [1.29, 1.82) is 0 Å². The van der Waals surface area contributed by atoms with E-state index in [-0.39, 0.29) is 5.41 Å². The summed E-state index contributed by atoms with van der Waals surface area (Å²) in [5.41, 5.74) is -0.156. The molecule has 0 aliphatic heterocycles. The summed E-state index contributed by atoms with van der Waals surface area (Å²) >= 11 is 0. The fraction of sp³-hybridized carbons (Fsp3) is 0.375. The summed E-state index contributed by atoms with van der Waals surface area (Å²) in [6.07, 6.45) is 6.77. The summed E-state index contributed by atoms with van der Waals surface area (Å²) in [4.78, 5) is 0.839. The Balaban J connectivity index is 2.43. The molecule has 0 aliphatic carbocycles. The van der Waals surface area contributed by atoms with Crippen LogP contribution in [0.2, 0.25) is 0 Å². The third-order valence-electron chi connectivity index (χ3n) is 2.68. The Morgan fingerprint density at radius 2 is 1.84 bits per heavy atom. The molecule has 0 amide bonds. The minimum atomic E-state index is -0.998. The van der Waals surface area contributed by atoms with Gasteiger partial charge in [-0.25, -0.2) is 0 Å². The van der Waals surface area contributed by atoms with Crippen LogP contribution in [0.15, 0.2) is 59.5 Å². The molecule has 1 aromatic rings. The van der Waals surface area contributed by atoms with E-state index in [1.165, 1.54) is 0 Å². The van der Waals surface area contributed by atoms with E-state index in [0.29, 0.717) is 5.75 Å². The number of benzene rings is 1. The molecule has 0 saturated carbocycles. The van der Waals surface area contributed by atoms with Gasteiger partial charge in [-0.1, -0.05) is 63.3 Å². The van der Waals surface area contributed by atoms with Gasteiger partial charge in [-0.05, 0) is 17.5 Å². The van der Waals surface area contributed by atoms with Crippen molar-refractivity contribution < 1.29 is 9.32 Å². The standard InChI is InChI=1S/C16H22O2S/c1-16(2,3)15(17)12-8-5-9-13-19(18)14-10-6-4-7-11-14/h4-12,15,17H,13H2,1-3H3/b9-5+,12-8+. The number of aliphatic hydroxyl groups excluding tert-OH is 1. The molecule has 2 nitrogen and oxygen atoms in total. The van der Waals surface area contributed by atoms with Gasteiger partial charge < -0.3 is 5.11 Å². The fourth-order valence-electron chi connectivity index (χ4n) is 1.35. The molecule has 0 radical (unpaired) electrons. The summed E-state index contributed by atoms with van der Waals surface area (Å²) in [6.45, 7) is 5.95. The highest BCUT2D eigenvalue weighted by molar-refractivity contribution is 7.85. The maximum Gasteiger partial charge on any atom is 0.0772 e. The average molecular weight is 278 g/mol. The van der Waals surface area contributed by atoms with Gasteiger partial charge in [-0.2, -0.15) is 0 Å². The Morgan fingerprint density at radius 1 is 1.21 bits per heavy atom. The summed E-state index contributed by atoms with van der Waals surface area (Å²) in [6, 6.07) is 9.41. The number of hydrogen-bond acceptors (Lipinski definition) is 2. The lowest BCUT2D eigenvalue weighted by molar-refractivity contribution is 0.105. The van der Waals surface area contributed by atoms with Gasteiger partial charge in [0.1, 0.15) is 0 Å². The number of allylic oxidation sites excluding steroid dienone is 2. The summed E-state index contributed by atoms with van der Waals surface area (Å²) in [5.74, 6) is 0.486. The molecule has 0 bridgehead atoms. The Kier molecular flexibility index (Phi) is 6.19. The van der Waals surface area contributed by atoms with Crippen molar-refractivity contribution in [3.05, 3.63) is 54.6 Å². The maximum atomic E-state index is 11.9. The quantitative estimate of drug-likeness (QED) is 0.839. The van der Waals surface area contributed by atoms with Gasteiger partial charge >= 0.3 is 0 Å². The monoisotopic (exact) mass is 278 g/mol. The second-order valence-corrected chi connectivity index (χ2v) is 6.94. The van der Waals surface area contributed by atoms with Gasteiger partial charge in [0.25, 0.3) is 0 Å². The van der Waals surface area contributed by atoms with Crippen LogP contribution < -0.4 is 0 Å². The van der Waals surface area contributed by atoms with Crippen molar-refractivity contribution in [3.63, 3.8) is 0 Å². The van der Waals surface area contributed by atoms with Crippen LogP contribution in [-0.4, -0.2) is 21.2 Å². The highest BCUT2D eigenvalue weighted by Crippen LogP contribution is 2.19. The van der Waals surface area contributed by atoms with E-state index >= 15 is 0 Å². The third-order valence-corrected chi connectivity index (χ3v) is 3.97. The van der Waals surface area contributed by atoms with E-state index < -0.39 is 16.9 Å². The molecule has 1 N–H and O–H groups in total. The molecule has 1 rings (SSSR count). The predicted molar refractivity (Wildman–Crippen MR) is 81.5 cm³/mol. The van der Waals surface area contributed by atoms with Crippen molar-refractivity contribution in [1.82, 2.24) is 0 Å². The molecular weight excluding hydrogens is 256 g/mol. The first-order valence-corrected chi connectivity index (χ1v) is 7.68. The molecule has 0 aliphatic rings. The molecule has 2 unspecified atom stereocenters. The lowest BCUT2D eigenvalue weighted by Crippen LogP contribution is -2.23. The molecule has 3 heteroatoms. The largest absolute Gasteiger partial charge is 0.388 e. The SMILES string of the molecule is CC(C)(C)C(O)/C=C/C=C/CS(=O)c1ccccc1. The van der Waals surface area contributed by atoms with Crippen molar-refractivity contribution >= 4 is 10.8 Å². The topological polar surface area (TPSA) is 37.3 Å². The molecule has 2 atom stereocenters. The van der Waals surface area contributed by atoms with Gasteiger partial charge in [0.2, 0.25) is 0 Å². The Bertz CT molecular complexity index is 455. The smallest absolute Gasteiger partial charge is 0.0772 e. The summed E-state index contributed by atoms with van der Waals surface area (Å²) in [5, 5.41) is 9.79. The van der Waals surface area contributed by atoms with Gasteiger partial charge in [0.15, 0.2) is 0 Å². The Hall–Kier alpha value is -1.19. The maximum absolute atomic E-state index is 11.9. The molecule has 0 heterocycles. The normalized spacial score (nSPS) is 16.0. The summed E-state index contributed by atoms with van der Waals surface area (Å²) < 4.78 is 11.9. The molecule has 0 saturated heterocycles. The van der Waals surface area contributed by atoms with Crippen molar-refractivity contribution in [2.75, 3.05) is 5.75 Å². The Morgan fingerprint density at radius 3 is 2.42 bits per heavy atom. The molecule has 1 aromatic carbocycles. The van der Waals surface area contributed by atoms with Crippen LogP contribution in [0.1, 0.15) is 20.8 Å². The minimum absolute atomic E-state index is 0.156. The van der Waals surface area contributed by atoms with E-state index in [9.17, 15) is 9.32 Å². The zero-order valence-electron chi connectivity index (χ0n) is 11.7. The molecule has 0 spiro atoms. The molecular formula is C16H22O2S. The van der Waals surface area contributed by atoms with E-state index in [0.717, 1.165) is 4.90 Å². The van der Waals surface area contributed by atoms with E-state index in [1.54, 1.807) is 12.2 Å². The van der Waals surface area contributed by atoms with Gasteiger partial charge in [0, 0.05) is 10.6 Å². The van der Waals surface area contributed by atoms with Gasteiger partial charge in [-0.15, -0.1) is 0 Å². The van der Waals surface area contributed by atoms with Crippen molar-refractivity contribution in [2.24, 2.45) is 5.41 Å². The molecule has 19 heavy (non-hydrogen) atoms. The van der Waals surface area contributed by atoms with Crippen molar-refractivity contribution in [2.45, 2.75) is 31.8 Å². The second kappa shape index (κ2) is 7.41. The predicted octanol–water partition coefficient (Wildman–Crippen LogP) is 3.31. The first-order chi connectivity index (χ1) is 8.91. The average Bonchev–Trinajstić information content (AvgIpc) is 2.37. The molecule has 0 aromatic heterocycles. The Labute approximate surface area is 118 Å². The zero-order valence-corrected chi connectivity index (χ0v) is 12.6. The van der Waals surface area contributed by atoms with Crippen LogP contribution in [0, 0.1) is 5.41 Å². The van der Waals surface area contributed by atoms with Gasteiger partial charge in [0.05, 0.1) is 16.9 Å².